The lowest BCUT2D eigenvalue weighted by Crippen LogP contribution is -2.20. The number of hydrogen-bond acceptors (Lipinski definition) is 4. The predicted octanol–water partition coefficient (Wildman–Crippen LogP) is 2.93. The first-order chi connectivity index (χ1) is 10.5. The molecule has 0 fully saturated rings. The summed E-state index contributed by atoms with van der Waals surface area (Å²) in [7, 11) is 0. The molecule has 0 aliphatic heterocycles. The first kappa shape index (κ1) is 15.9. The number of nitrogens with two attached hydrogens (primary N) is 1. The van der Waals surface area contributed by atoms with E-state index < -0.39 is 12.0 Å². The van der Waals surface area contributed by atoms with Crippen LogP contribution in [-0.2, 0) is 4.79 Å². The molecule has 5 nitrogen and oxygen atoms in total. The lowest BCUT2D eigenvalue weighted by molar-refractivity contribution is -0.138. The minimum absolute atomic E-state index is 0.0194. The summed E-state index contributed by atoms with van der Waals surface area (Å²) in [6, 6.07) is 13.4. The van der Waals surface area contributed by atoms with Gasteiger partial charge in [0, 0.05) is 16.1 Å². The summed E-state index contributed by atoms with van der Waals surface area (Å²) in [5.74, 6) is -0.970. The summed E-state index contributed by atoms with van der Waals surface area (Å²) < 4.78 is 0. The molecule has 0 radical (unpaired) electrons. The molecule has 0 saturated carbocycles. The van der Waals surface area contributed by atoms with E-state index in [1.54, 1.807) is 42.1 Å². The third-order valence-electron chi connectivity index (χ3n) is 3.18. The van der Waals surface area contributed by atoms with E-state index in [4.69, 9.17) is 11.1 Å². The van der Waals surface area contributed by atoms with Gasteiger partial charge in [0.1, 0.15) is 5.84 Å². The number of carboxylic acid groups (broad SMARTS) is 1. The highest BCUT2D eigenvalue weighted by Crippen LogP contribution is 2.24. The number of benzene rings is 2. The molecule has 2 rings (SSSR count). The van der Waals surface area contributed by atoms with E-state index in [1.165, 1.54) is 0 Å². The van der Waals surface area contributed by atoms with Crippen LogP contribution in [0.15, 0.2) is 53.4 Å². The number of thioether (sulfide) groups is 1. The molecule has 2 aromatic rings. The summed E-state index contributed by atoms with van der Waals surface area (Å²) in [5.41, 5.74) is 7.35. The lowest BCUT2D eigenvalue weighted by Gasteiger charge is -2.17. The molecule has 0 aliphatic carbocycles. The Morgan fingerprint density at radius 3 is 2.50 bits per heavy atom. The van der Waals surface area contributed by atoms with E-state index in [-0.39, 0.29) is 5.84 Å². The lowest BCUT2D eigenvalue weighted by atomic mass is 10.1. The van der Waals surface area contributed by atoms with Gasteiger partial charge in [-0.25, -0.2) is 4.79 Å². The van der Waals surface area contributed by atoms with E-state index in [0.29, 0.717) is 16.8 Å². The maximum absolute atomic E-state index is 11.6. The average Bonchev–Trinajstić information content (AvgIpc) is 2.52. The Morgan fingerprint density at radius 2 is 1.95 bits per heavy atom. The zero-order chi connectivity index (χ0) is 16.1. The van der Waals surface area contributed by atoms with Gasteiger partial charge in [-0.1, -0.05) is 12.1 Å². The number of nitrogen functional groups attached to an aromatic ring is 1. The van der Waals surface area contributed by atoms with Gasteiger partial charge in [-0.15, -0.1) is 11.8 Å². The van der Waals surface area contributed by atoms with E-state index in [0.717, 1.165) is 4.90 Å². The quantitative estimate of drug-likeness (QED) is 0.373. The molecule has 0 bridgehead atoms. The molecule has 0 spiro atoms. The second-order valence-corrected chi connectivity index (χ2v) is 5.56. The van der Waals surface area contributed by atoms with Gasteiger partial charge in [0.05, 0.1) is 0 Å². The van der Waals surface area contributed by atoms with E-state index >= 15 is 0 Å². The molecular formula is C16H17N3O2S. The summed E-state index contributed by atoms with van der Waals surface area (Å²) in [4.78, 5) is 12.6. The molecule has 6 heteroatoms. The molecule has 2 aromatic carbocycles. The van der Waals surface area contributed by atoms with Crippen molar-refractivity contribution in [2.45, 2.75) is 10.9 Å². The second kappa shape index (κ2) is 7.00. The average molecular weight is 315 g/mol. The van der Waals surface area contributed by atoms with Crippen LogP contribution in [-0.4, -0.2) is 23.2 Å². The molecule has 0 aromatic heterocycles. The van der Waals surface area contributed by atoms with Crippen molar-refractivity contribution in [1.29, 1.82) is 5.41 Å². The van der Waals surface area contributed by atoms with Crippen molar-refractivity contribution in [2.24, 2.45) is 5.73 Å². The number of hydrogen-bond donors (Lipinski definition) is 4. The van der Waals surface area contributed by atoms with Crippen LogP contribution in [0.4, 0.5) is 5.69 Å². The van der Waals surface area contributed by atoms with Gasteiger partial charge in [0.15, 0.2) is 6.04 Å². The fourth-order valence-corrected chi connectivity index (χ4v) is 2.49. The molecule has 0 saturated heterocycles. The highest BCUT2D eigenvalue weighted by molar-refractivity contribution is 7.98. The van der Waals surface area contributed by atoms with Crippen LogP contribution in [0.3, 0.4) is 0 Å². The first-order valence-corrected chi connectivity index (χ1v) is 7.81. The number of rotatable bonds is 6. The summed E-state index contributed by atoms with van der Waals surface area (Å²) >= 11 is 1.57. The number of anilines is 1. The van der Waals surface area contributed by atoms with Crippen LogP contribution in [0.2, 0.25) is 0 Å². The summed E-state index contributed by atoms with van der Waals surface area (Å²) in [5, 5.41) is 19.8. The highest BCUT2D eigenvalue weighted by atomic mass is 32.2. The van der Waals surface area contributed by atoms with Crippen molar-refractivity contribution >= 4 is 29.3 Å². The molecule has 1 atom stereocenters. The Labute approximate surface area is 133 Å². The summed E-state index contributed by atoms with van der Waals surface area (Å²) in [6.07, 6.45) is 1.95. The molecule has 5 N–H and O–H groups in total. The van der Waals surface area contributed by atoms with Crippen molar-refractivity contribution in [3.63, 3.8) is 0 Å². The van der Waals surface area contributed by atoms with Crippen LogP contribution in [0.25, 0.3) is 0 Å². The largest absolute Gasteiger partial charge is 0.479 e. The minimum Gasteiger partial charge on any atom is -0.479 e. The normalized spacial score (nSPS) is 11.7. The number of carbonyl (C=O) groups is 1. The van der Waals surface area contributed by atoms with Gasteiger partial charge in [-0.3, -0.25) is 5.41 Å². The molecule has 0 heterocycles. The van der Waals surface area contributed by atoms with Crippen LogP contribution in [0.1, 0.15) is 17.2 Å². The van der Waals surface area contributed by atoms with Crippen LogP contribution in [0.5, 0.6) is 0 Å². The molecule has 0 amide bonds. The molecule has 22 heavy (non-hydrogen) atoms. The van der Waals surface area contributed by atoms with Gasteiger partial charge in [0.2, 0.25) is 0 Å². The molecular weight excluding hydrogens is 298 g/mol. The fraction of sp³-hybridized carbons (Fsp3) is 0.125. The molecule has 114 valence electrons. The van der Waals surface area contributed by atoms with Crippen molar-refractivity contribution in [1.82, 2.24) is 0 Å². The standard InChI is InChI=1S/C16H17N3O2S/c1-22-13-4-2-3-11(9-13)14(16(20)21)19-12-7-5-10(6-8-12)15(17)18/h2-9,14,19H,1H3,(H3,17,18)(H,20,21). The van der Waals surface area contributed by atoms with Gasteiger partial charge in [-0.05, 0) is 48.2 Å². The number of aliphatic carboxylic acids is 1. The van der Waals surface area contributed by atoms with E-state index in [9.17, 15) is 9.90 Å². The van der Waals surface area contributed by atoms with Crippen molar-refractivity contribution < 1.29 is 9.90 Å². The highest BCUT2D eigenvalue weighted by Gasteiger charge is 2.19. The predicted molar refractivity (Wildman–Crippen MR) is 89.7 cm³/mol. The van der Waals surface area contributed by atoms with Gasteiger partial charge < -0.3 is 16.2 Å². The maximum atomic E-state index is 11.6. The Bertz CT molecular complexity index is 686. The second-order valence-electron chi connectivity index (χ2n) is 4.68. The van der Waals surface area contributed by atoms with E-state index in [2.05, 4.69) is 5.32 Å². The van der Waals surface area contributed by atoms with Gasteiger partial charge >= 0.3 is 5.97 Å². The minimum atomic E-state index is -0.950. The van der Waals surface area contributed by atoms with Crippen molar-refractivity contribution in [3.05, 3.63) is 59.7 Å². The summed E-state index contributed by atoms with van der Waals surface area (Å²) in [6.45, 7) is 0. The Balaban J connectivity index is 2.25. The smallest absolute Gasteiger partial charge is 0.330 e. The number of amidine groups is 1. The topological polar surface area (TPSA) is 99.2 Å². The third-order valence-corrected chi connectivity index (χ3v) is 3.91. The van der Waals surface area contributed by atoms with Gasteiger partial charge in [-0.2, -0.15) is 0 Å². The number of carboxylic acids is 1. The monoisotopic (exact) mass is 315 g/mol. The zero-order valence-electron chi connectivity index (χ0n) is 12.0. The molecule has 1 unspecified atom stereocenters. The fourth-order valence-electron chi connectivity index (χ4n) is 2.02. The van der Waals surface area contributed by atoms with E-state index in [1.807, 2.05) is 24.5 Å². The van der Waals surface area contributed by atoms with Crippen molar-refractivity contribution in [3.8, 4) is 0 Å². The van der Waals surface area contributed by atoms with Gasteiger partial charge in [0.25, 0.3) is 0 Å². The number of nitrogens with one attached hydrogen (secondary N) is 2. The Hall–Kier alpha value is -2.47. The zero-order valence-corrected chi connectivity index (χ0v) is 12.9. The first-order valence-electron chi connectivity index (χ1n) is 6.59. The molecule has 0 aliphatic rings. The Kier molecular flexibility index (Phi) is 5.06. The Morgan fingerprint density at radius 1 is 1.27 bits per heavy atom. The SMILES string of the molecule is CSc1cccc(C(Nc2ccc(C(=N)N)cc2)C(=O)O)c1. The van der Waals surface area contributed by atoms with Crippen molar-refractivity contribution in [2.75, 3.05) is 11.6 Å². The third kappa shape index (κ3) is 3.79. The van der Waals surface area contributed by atoms with Crippen LogP contribution >= 0.6 is 11.8 Å². The maximum Gasteiger partial charge on any atom is 0.330 e. The van der Waals surface area contributed by atoms with Crippen LogP contribution in [0, 0.1) is 5.41 Å². The van der Waals surface area contributed by atoms with Crippen LogP contribution < -0.4 is 11.1 Å².